The minimum absolute atomic E-state index is 0.00882. The van der Waals surface area contributed by atoms with Gasteiger partial charge in [-0.3, -0.25) is 0 Å². The fourth-order valence-electron chi connectivity index (χ4n) is 7.94. The number of amides is 2. The SMILES string of the molecule is COc1ccc(CN(Cc2ccc(OC)cc2)c2cc(C)c(C(F)(F)F)c(-c3c(Cl)c4c5c(nc(Cl)nc5c3F)N([C@H](C)c3cccnc3N(C(=O)OC(C)(C)C)C(=O)OC(C)(C)C)CCO4)n2)cc1. The van der Waals surface area contributed by atoms with Crippen molar-refractivity contribution >= 4 is 63.7 Å². The molecule has 1 aliphatic heterocycles. The number of hydrogen-bond donors (Lipinski definition) is 0. The van der Waals surface area contributed by atoms with Crippen molar-refractivity contribution < 1.29 is 50.8 Å². The van der Waals surface area contributed by atoms with Crippen LogP contribution in [0.15, 0.2) is 72.9 Å². The number of carbonyl (C=O) groups excluding carboxylic acids is 2. The molecule has 2 amide bonds. The highest BCUT2D eigenvalue weighted by atomic mass is 35.5. The lowest BCUT2D eigenvalue weighted by atomic mass is 9.98. The molecule has 4 heterocycles. The Morgan fingerprint density at radius 3 is 1.91 bits per heavy atom. The first-order valence-electron chi connectivity index (χ1n) is 22.0. The van der Waals surface area contributed by atoms with Crippen molar-refractivity contribution in [3.63, 3.8) is 0 Å². The fourth-order valence-corrected chi connectivity index (χ4v) is 8.42. The second-order valence-electron chi connectivity index (χ2n) is 18.4. The van der Waals surface area contributed by atoms with Crippen molar-refractivity contribution in [3.05, 3.63) is 117 Å². The van der Waals surface area contributed by atoms with Gasteiger partial charge in [-0.05, 0) is 120 Å². The Morgan fingerprint density at radius 2 is 1.40 bits per heavy atom. The van der Waals surface area contributed by atoms with Crippen molar-refractivity contribution in [2.45, 2.75) is 91.9 Å². The van der Waals surface area contributed by atoms with Crippen LogP contribution >= 0.6 is 23.2 Å². The van der Waals surface area contributed by atoms with E-state index in [1.165, 1.54) is 33.4 Å². The van der Waals surface area contributed by atoms with Gasteiger partial charge in [-0.2, -0.15) is 23.1 Å². The average molecular weight is 1010 g/mol. The van der Waals surface area contributed by atoms with Crippen LogP contribution in [0, 0.1) is 12.7 Å². The highest BCUT2D eigenvalue weighted by Crippen LogP contribution is 2.51. The van der Waals surface area contributed by atoms with Crippen molar-refractivity contribution in [1.29, 1.82) is 0 Å². The van der Waals surface area contributed by atoms with Gasteiger partial charge in [0.15, 0.2) is 17.4 Å². The van der Waals surface area contributed by atoms with E-state index in [-0.39, 0.29) is 66.0 Å². The molecule has 0 radical (unpaired) electrons. The maximum absolute atomic E-state index is 17.7. The van der Waals surface area contributed by atoms with Crippen molar-refractivity contribution in [1.82, 2.24) is 19.9 Å². The lowest BCUT2D eigenvalue weighted by Gasteiger charge is -2.33. The largest absolute Gasteiger partial charge is 0.497 e. The van der Waals surface area contributed by atoms with Gasteiger partial charge in [0, 0.05) is 24.8 Å². The van der Waals surface area contributed by atoms with Gasteiger partial charge in [0.25, 0.3) is 0 Å². The third-order valence-electron chi connectivity index (χ3n) is 11.0. The zero-order valence-electron chi connectivity index (χ0n) is 40.1. The van der Waals surface area contributed by atoms with E-state index in [2.05, 4.69) is 19.9 Å². The first kappa shape index (κ1) is 51.2. The number of aryl methyl sites for hydroxylation is 1. The first-order chi connectivity index (χ1) is 32.9. The summed E-state index contributed by atoms with van der Waals surface area (Å²) in [5.74, 6) is -0.373. The molecule has 3 aromatic heterocycles. The summed E-state index contributed by atoms with van der Waals surface area (Å²) in [5, 5.41) is -1.10. The van der Waals surface area contributed by atoms with Gasteiger partial charge in [-0.1, -0.05) is 41.9 Å². The zero-order valence-corrected chi connectivity index (χ0v) is 41.6. The Balaban J connectivity index is 1.40. The molecule has 0 unspecified atom stereocenters. The molecule has 70 heavy (non-hydrogen) atoms. The highest BCUT2D eigenvalue weighted by Gasteiger charge is 2.42. The monoisotopic (exact) mass is 1010 g/mol. The number of nitrogens with zero attached hydrogens (tertiary/aromatic N) is 7. The minimum atomic E-state index is -5.05. The second kappa shape index (κ2) is 20.0. The molecule has 0 bridgehead atoms. The van der Waals surface area contributed by atoms with Crippen LogP contribution in [0.5, 0.6) is 17.2 Å². The van der Waals surface area contributed by atoms with E-state index in [1.807, 2.05) is 24.3 Å². The summed E-state index contributed by atoms with van der Waals surface area (Å²) in [7, 11) is 3.07. The van der Waals surface area contributed by atoms with Crippen LogP contribution in [0.4, 0.5) is 44.6 Å². The molecule has 0 saturated heterocycles. The van der Waals surface area contributed by atoms with E-state index in [1.54, 1.807) is 94.7 Å². The van der Waals surface area contributed by atoms with Crippen LogP contribution < -0.4 is 28.9 Å². The summed E-state index contributed by atoms with van der Waals surface area (Å²) in [5.41, 5.74) is -3.75. The topological polar surface area (TPSA) is 142 Å². The van der Waals surface area contributed by atoms with Crippen LogP contribution in [0.1, 0.15) is 82.3 Å². The maximum atomic E-state index is 17.7. The van der Waals surface area contributed by atoms with Crippen LogP contribution in [0.25, 0.3) is 22.2 Å². The number of methoxy groups -OCH3 is 2. The molecule has 0 N–H and O–H groups in total. The predicted molar refractivity (Wildman–Crippen MR) is 259 cm³/mol. The number of anilines is 3. The van der Waals surface area contributed by atoms with E-state index in [0.29, 0.717) is 16.4 Å². The molecular formula is C50H51Cl2F4N7O7. The van der Waals surface area contributed by atoms with E-state index in [0.717, 1.165) is 11.1 Å². The molecule has 7 rings (SSSR count). The summed E-state index contributed by atoms with van der Waals surface area (Å²) < 4.78 is 92.0. The van der Waals surface area contributed by atoms with Crippen molar-refractivity contribution in [2.75, 3.05) is 42.1 Å². The third kappa shape index (κ3) is 11.0. The van der Waals surface area contributed by atoms with Gasteiger partial charge >= 0.3 is 18.4 Å². The Morgan fingerprint density at radius 1 is 0.843 bits per heavy atom. The molecule has 3 aromatic carbocycles. The number of hydrogen-bond acceptors (Lipinski definition) is 13. The molecule has 1 aliphatic rings. The predicted octanol–water partition coefficient (Wildman–Crippen LogP) is 12.7. The van der Waals surface area contributed by atoms with Crippen molar-refractivity contribution in [3.8, 4) is 28.5 Å². The van der Waals surface area contributed by atoms with Gasteiger partial charge in [-0.15, -0.1) is 0 Å². The molecule has 1 atom stereocenters. The zero-order chi connectivity index (χ0) is 51.0. The summed E-state index contributed by atoms with van der Waals surface area (Å²) in [4.78, 5) is 49.4. The van der Waals surface area contributed by atoms with E-state index in [9.17, 15) is 9.59 Å². The quantitative estimate of drug-likeness (QED) is 0.0898. The number of pyridine rings is 2. The van der Waals surface area contributed by atoms with E-state index < -0.39 is 74.1 Å². The lowest BCUT2D eigenvalue weighted by molar-refractivity contribution is -0.137. The van der Waals surface area contributed by atoms with Gasteiger partial charge in [0.05, 0.1) is 54.0 Å². The molecule has 0 spiro atoms. The Kier molecular flexibility index (Phi) is 14.6. The smallest absolute Gasteiger partial charge is 0.425 e. The van der Waals surface area contributed by atoms with Crippen LogP contribution in [-0.4, -0.2) is 70.7 Å². The Bertz CT molecular complexity index is 2850. The van der Waals surface area contributed by atoms with Crippen LogP contribution in [0.2, 0.25) is 10.3 Å². The minimum Gasteiger partial charge on any atom is -0.497 e. The fraction of sp³-hybridized carbons (Fsp3) is 0.360. The van der Waals surface area contributed by atoms with Gasteiger partial charge in [-0.25, -0.2) is 28.9 Å². The number of alkyl halides is 3. The molecule has 0 fully saturated rings. The van der Waals surface area contributed by atoms with E-state index >= 15 is 17.6 Å². The maximum Gasteiger partial charge on any atom is 0.425 e. The number of aromatic nitrogens is 4. The molecule has 370 valence electrons. The van der Waals surface area contributed by atoms with Gasteiger partial charge in [0.2, 0.25) is 5.28 Å². The van der Waals surface area contributed by atoms with Gasteiger partial charge < -0.3 is 33.5 Å². The third-order valence-corrected chi connectivity index (χ3v) is 11.5. The molecular weight excluding hydrogens is 957 g/mol. The number of ether oxygens (including phenoxy) is 5. The molecule has 0 aliphatic carbocycles. The average Bonchev–Trinajstić information content (AvgIpc) is 3.47. The second-order valence-corrected chi connectivity index (χ2v) is 19.1. The number of rotatable bonds is 11. The normalized spacial score (nSPS) is 13.3. The molecule has 20 heteroatoms. The molecule has 14 nitrogen and oxygen atoms in total. The number of benzene rings is 3. The summed E-state index contributed by atoms with van der Waals surface area (Å²) in [6, 6.07) is 18.0. The molecule has 6 aromatic rings. The first-order valence-corrected chi connectivity index (χ1v) is 22.7. The Labute approximate surface area is 412 Å². The van der Waals surface area contributed by atoms with Crippen LogP contribution in [0.3, 0.4) is 0 Å². The molecule has 0 saturated carbocycles. The number of halogens is 6. The van der Waals surface area contributed by atoms with E-state index in [4.69, 9.17) is 46.9 Å². The van der Waals surface area contributed by atoms with Crippen molar-refractivity contribution in [2.24, 2.45) is 0 Å². The lowest BCUT2D eigenvalue weighted by Crippen LogP contribution is -2.45. The standard InChI is InChI=1S/C50H51Cl2F4N7O7/c1-27-24-34(61(25-29-13-17-31(66-9)18-14-29)26-30-15-19-32(67-10)20-16-30)58-40(37(27)50(54,55)56)35-38(51)42-36-41(39(35)53)59-45(52)60-44(36)62(22-23-68-42)28(2)33-12-11-21-57-43(33)63(46(64)69-48(3,4)5)47(65)70-49(6,7)8/h11-21,24,28H,22-23,25-26H2,1-10H3/t28-/m1/s1. The highest BCUT2D eigenvalue weighted by molar-refractivity contribution is 6.37. The number of imide groups is 1. The summed E-state index contributed by atoms with van der Waals surface area (Å²) in [6.07, 6.45) is -5.80. The van der Waals surface area contributed by atoms with Crippen LogP contribution in [-0.2, 0) is 28.7 Å². The summed E-state index contributed by atoms with van der Waals surface area (Å²) >= 11 is 13.7. The summed E-state index contributed by atoms with van der Waals surface area (Å²) in [6.45, 7) is 12.9. The van der Waals surface area contributed by atoms with Gasteiger partial charge in [0.1, 0.15) is 46.5 Å². The number of carbonyl (C=O) groups is 2. The Hall–Kier alpha value is -6.66.